The van der Waals surface area contributed by atoms with Gasteiger partial charge in [-0.15, -0.1) is 10.2 Å². The molecular formula is C15H19N5O. The number of rotatable bonds is 2. The maximum atomic E-state index is 5.68. The molecule has 1 fully saturated rings. The van der Waals surface area contributed by atoms with E-state index in [1.54, 1.807) is 6.20 Å². The van der Waals surface area contributed by atoms with Gasteiger partial charge in [0.25, 0.3) is 0 Å². The summed E-state index contributed by atoms with van der Waals surface area (Å²) in [4.78, 5) is 4.21. The number of nitrogens with zero attached hydrogens (tertiary/aromatic N) is 4. The third-order valence-electron chi connectivity index (χ3n) is 4.48. The van der Waals surface area contributed by atoms with Crippen molar-refractivity contribution in [3.05, 3.63) is 41.7 Å². The number of ether oxygens (including phenoxy) is 1. The summed E-state index contributed by atoms with van der Waals surface area (Å²) in [5.74, 6) is 2.42. The zero-order valence-electron chi connectivity index (χ0n) is 12.1. The third kappa shape index (κ3) is 2.15. The normalized spacial score (nSPS) is 28.5. The summed E-state index contributed by atoms with van der Waals surface area (Å²) < 4.78 is 7.95. The second kappa shape index (κ2) is 5.20. The molecule has 6 heteroatoms. The molecule has 0 aromatic carbocycles. The average molecular weight is 285 g/mol. The molecule has 1 saturated heterocycles. The molecule has 0 radical (unpaired) electrons. The minimum absolute atomic E-state index is 0.0753. The van der Waals surface area contributed by atoms with E-state index in [1.165, 1.54) is 0 Å². The largest absolute Gasteiger partial charge is 0.378 e. The molecule has 0 amide bonds. The van der Waals surface area contributed by atoms with Crippen molar-refractivity contribution in [2.45, 2.75) is 38.0 Å². The van der Waals surface area contributed by atoms with Crippen LogP contribution in [0.1, 0.15) is 42.5 Å². The topological polar surface area (TPSA) is 64.9 Å². The molecule has 0 spiro atoms. The van der Waals surface area contributed by atoms with Crippen molar-refractivity contribution >= 4 is 0 Å². The first kappa shape index (κ1) is 12.9. The van der Waals surface area contributed by atoms with Crippen molar-refractivity contribution in [1.82, 2.24) is 25.1 Å². The fraction of sp³-hybridized carbons (Fsp3) is 0.533. The SMILES string of the molecule is CC1OCCC1c1nnc2n1CCNC2c1cccnc1. The van der Waals surface area contributed by atoms with Crippen LogP contribution in [0, 0.1) is 0 Å². The van der Waals surface area contributed by atoms with Crippen LogP contribution in [0.3, 0.4) is 0 Å². The molecule has 0 bridgehead atoms. The molecule has 3 unspecified atom stereocenters. The highest BCUT2D eigenvalue weighted by Crippen LogP contribution is 2.32. The Morgan fingerprint density at radius 2 is 2.24 bits per heavy atom. The molecule has 4 heterocycles. The monoisotopic (exact) mass is 285 g/mol. The van der Waals surface area contributed by atoms with Crippen molar-refractivity contribution in [3.63, 3.8) is 0 Å². The van der Waals surface area contributed by atoms with Gasteiger partial charge in [-0.1, -0.05) is 6.07 Å². The lowest BCUT2D eigenvalue weighted by Crippen LogP contribution is -2.35. The van der Waals surface area contributed by atoms with Gasteiger partial charge in [0.1, 0.15) is 5.82 Å². The number of nitrogens with one attached hydrogen (secondary N) is 1. The predicted molar refractivity (Wildman–Crippen MR) is 76.9 cm³/mol. The van der Waals surface area contributed by atoms with E-state index in [-0.39, 0.29) is 12.1 Å². The smallest absolute Gasteiger partial charge is 0.154 e. The minimum Gasteiger partial charge on any atom is -0.378 e. The van der Waals surface area contributed by atoms with Crippen LogP contribution in [0.25, 0.3) is 0 Å². The quantitative estimate of drug-likeness (QED) is 0.900. The summed E-state index contributed by atoms with van der Waals surface area (Å²) in [5.41, 5.74) is 1.13. The number of pyridine rings is 1. The van der Waals surface area contributed by atoms with Crippen LogP contribution in [0.2, 0.25) is 0 Å². The van der Waals surface area contributed by atoms with Crippen LogP contribution in [-0.2, 0) is 11.3 Å². The van der Waals surface area contributed by atoms with Crippen molar-refractivity contribution in [2.24, 2.45) is 0 Å². The summed E-state index contributed by atoms with van der Waals surface area (Å²) in [6, 6.07) is 4.11. The molecule has 110 valence electrons. The molecule has 0 saturated carbocycles. The van der Waals surface area contributed by atoms with Crippen LogP contribution in [0.5, 0.6) is 0 Å². The zero-order valence-corrected chi connectivity index (χ0v) is 12.1. The Bertz CT molecular complexity index is 626. The van der Waals surface area contributed by atoms with Gasteiger partial charge < -0.3 is 14.6 Å². The van der Waals surface area contributed by atoms with E-state index in [0.29, 0.717) is 5.92 Å². The van der Waals surface area contributed by atoms with Crippen LogP contribution >= 0.6 is 0 Å². The fourth-order valence-electron chi connectivity index (χ4n) is 3.34. The Labute approximate surface area is 123 Å². The van der Waals surface area contributed by atoms with Crippen molar-refractivity contribution in [3.8, 4) is 0 Å². The molecule has 21 heavy (non-hydrogen) atoms. The predicted octanol–water partition coefficient (Wildman–Crippen LogP) is 1.26. The summed E-state index contributed by atoms with van der Waals surface area (Å²) in [6.07, 6.45) is 4.94. The van der Waals surface area contributed by atoms with Gasteiger partial charge in [0, 0.05) is 38.0 Å². The molecule has 4 rings (SSSR count). The minimum atomic E-state index is 0.0753. The Hall–Kier alpha value is -1.79. The lowest BCUT2D eigenvalue weighted by molar-refractivity contribution is 0.116. The van der Waals surface area contributed by atoms with E-state index < -0.39 is 0 Å². The summed E-state index contributed by atoms with van der Waals surface area (Å²) >= 11 is 0. The first-order valence-corrected chi connectivity index (χ1v) is 7.52. The van der Waals surface area contributed by atoms with Crippen LogP contribution < -0.4 is 5.32 Å². The number of hydrogen-bond acceptors (Lipinski definition) is 5. The van der Waals surface area contributed by atoms with Gasteiger partial charge in [-0.25, -0.2) is 0 Å². The third-order valence-corrected chi connectivity index (χ3v) is 4.48. The summed E-state index contributed by atoms with van der Waals surface area (Å²) in [5, 5.41) is 12.5. The number of aromatic nitrogens is 4. The lowest BCUT2D eigenvalue weighted by Gasteiger charge is -2.26. The fourth-order valence-corrected chi connectivity index (χ4v) is 3.34. The average Bonchev–Trinajstić information content (AvgIpc) is 3.13. The molecule has 2 aromatic heterocycles. The van der Waals surface area contributed by atoms with Crippen LogP contribution in [-0.4, -0.2) is 39.0 Å². The van der Waals surface area contributed by atoms with E-state index in [4.69, 9.17) is 4.74 Å². The molecule has 2 aromatic rings. The van der Waals surface area contributed by atoms with Gasteiger partial charge in [-0.05, 0) is 25.0 Å². The molecule has 6 nitrogen and oxygen atoms in total. The van der Waals surface area contributed by atoms with Gasteiger partial charge >= 0.3 is 0 Å². The van der Waals surface area contributed by atoms with Gasteiger partial charge in [0.2, 0.25) is 0 Å². The van der Waals surface area contributed by atoms with Gasteiger partial charge in [-0.2, -0.15) is 0 Å². The number of fused-ring (bicyclic) bond motifs is 1. The Kier molecular flexibility index (Phi) is 3.20. The molecule has 2 aliphatic rings. The van der Waals surface area contributed by atoms with E-state index >= 15 is 0 Å². The van der Waals surface area contributed by atoms with Gasteiger partial charge in [0.05, 0.1) is 12.1 Å². The molecule has 2 aliphatic heterocycles. The second-order valence-electron chi connectivity index (χ2n) is 5.71. The Balaban J connectivity index is 1.72. The second-order valence-corrected chi connectivity index (χ2v) is 5.71. The lowest BCUT2D eigenvalue weighted by atomic mass is 10.0. The maximum absolute atomic E-state index is 5.68. The zero-order chi connectivity index (χ0) is 14.2. The van der Waals surface area contributed by atoms with Gasteiger partial charge in [0.15, 0.2) is 5.82 Å². The maximum Gasteiger partial charge on any atom is 0.154 e. The Morgan fingerprint density at radius 1 is 1.33 bits per heavy atom. The Morgan fingerprint density at radius 3 is 3.00 bits per heavy atom. The standard InChI is InChI=1S/C15H19N5O/c1-10-12(4-8-21-10)14-18-19-15-13(17-6-7-20(14)15)11-3-2-5-16-9-11/h2-3,5,9-10,12-13,17H,4,6-8H2,1H3. The first-order valence-electron chi connectivity index (χ1n) is 7.52. The van der Waals surface area contributed by atoms with Crippen LogP contribution in [0.15, 0.2) is 24.5 Å². The van der Waals surface area contributed by atoms with E-state index in [1.807, 2.05) is 12.3 Å². The summed E-state index contributed by atoms with van der Waals surface area (Å²) in [6.45, 7) is 4.77. The molecule has 1 N–H and O–H groups in total. The van der Waals surface area contributed by atoms with Crippen molar-refractivity contribution in [2.75, 3.05) is 13.2 Å². The highest BCUT2D eigenvalue weighted by Gasteiger charge is 2.34. The first-order chi connectivity index (χ1) is 10.3. The summed E-state index contributed by atoms with van der Waals surface area (Å²) in [7, 11) is 0. The number of hydrogen-bond donors (Lipinski definition) is 1. The van der Waals surface area contributed by atoms with E-state index in [2.05, 4.69) is 38.1 Å². The van der Waals surface area contributed by atoms with E-state index in [0.717, 1.165) is 43.3 Å². The van der Waals surface area contributed by atoms with E-state index in [9.17, 15) is 0 Å². The van der Waals surface area contributed by atoms with Crippen LogP contribution in [0.4, 0.5) is 0 Å². The highest BCUT2D eigenvalue weighted by molar-refractivity contribution is 5.24. The molecule has 3 atom stereocenters. The molecular weight excluding hydrogens is 266 g/mol. The molecule has 0 aliphatic carbocycles. The van der Waals surface area contributed by atoms with Crippen molar-refractivity contribution in [1.29, 1.82) is 0 Å². The van der Waals surface area contributed by atoms with Gasteiger partial charge in [-0.3, -0.25) is 4.98 Å². The van der Waals surface area contributed by atoms with Crippen molar-refractivity contribution < 1.29 is 4.74 Å². The highest BCUT2D eigenvalue weighted by atomic mass is 16.5.